The number of hydrogen-bond acceptors (Lipinski definition) is 2. The Morgan fingerprint density at radius 3 is 2.46 bits per heavy atom. The summed E-state index contributed by atoms with van der Waals surface area (Å²) < 4.78 is 0. The van der Waals surface area contributed by atoms with Gasteiger partial charge in [-0.15, -0.1) is 0 Å². The molecule has 0 rings (SSSR count). The predicted molar refractivity (Wildman–Crippen MR) is 53.9 cm³/mol. The fourth-order valence-corrected chi connectivity index (χ4v) is 1.05. The average Bonchev–Trinajstić information content (AvgIpc) is 1.96. The Kier molecular flexibility index (Phi) is 5.75. The normalized spacial score (nSPS) is 12.9. The van der Waals surface area contributed by atoms with Gasteiger partial charge in [0.05, 0.1) is 0 Å². The molecule has 76 valence electrons. The van der Waals surface area contributed by atoms with Crippen LogP contribution >= 0.6 is 11.6 Å². The van der Waals surface area contributed by atoms with Crippen LogP contribution in [0.5, 0.6) is 0 Å². The van der Waals surface area contributed by atoms with E-state index in [9.17, 15) is 4.79 Å². The molecule has 0 saturated carbocycles. The lowest BCUT2D eigenvalue weighted by Crippen LogP contribution is -2.38. The molecule has 1 atom stereocenters. The van der Waals surface area contributed by atoms with Crippen LogP contribution in [0.1, 0.15) is 20.3 Å². The molecule has 4 heteroatoms. The van der Waals surface area contributed by atoms with E-state index in [1.54, 1.807) is 0 Å². The van der Waals surface area contributed by atoms with Crippen LogP contribution in [0.3, 0.4) is 0 Å². The first kappa shape index (κ1) is 12.5. The highest BCUT2D eigenvalue weighted by Gasteiger charge is 2.17. The number of carboxylic acids is 1. The minimum Gasteiger partial charge on any atom is -0.480 e. The smallest absolute Gasteiger partial charge is 0.320 e. The molecular formula is C9H16ClNO2. The second-order valence-electron chi connectivity index (χ2n) is 3.42. The van der Waals surface area contributed by atoms with E-state index in [1.807, 2.05) is 13.8 Å². The van der Waals surface area contributed by atoms with E-state index in [0.29, 0.717) is 23.9 Å². The molecule has 3 nitrogen and oxygen atoms in total. The Labute approximate surface area is 83.8 Å². The van der Waals surface area contributed by atoms with Gasteiger partial charge in [0.25, 0.3) is 0 Å². The molecule has 13 heavy (non-hydrogen) atoms. The SMILES string of the molecule is C=C(Cl)CN[C@@H](CC(C)C)C(=O)O. The van der Waals surface area contributed by atoms with Gasteiger partial charge in [-0.05, 0) is 12.3 Å². The highest BCUT2D eigenvalue weighted by atomic mass is 35.5. The van der Waals surface area contributed by atoms with Gasteiger partial charge in [-0.3, -0.25) is 10.1 Å². The molecule has 0 aromatic heterocycles. The van der Waals surface area contributed by atoms with Crippen LogP contribution in [0.2, 0.25) is 0 Å². The topological polar surface area (TPSA) is 49.3 Å². The Hall–Kier alpha value is -0.540. The number of aliphatic carboxylic acids is 1. The summed E-state index contributed by atoms with van der Waals surface area (Å²) in [7, 11) is 0. The lowest BCUT2D eigenvalue weighted by molar-refractivity contribution is -0.139. The summed E-state index contributed by atoms with van der Waals surface area (Å²) >= 11 is 5.51. The second-order valence-corrected chi connectivity index (χ2v) is 3.95. The van der Waals surface area contributed by atoms with Gasteiger partial charge in [0, 0.05) is 11.6 Å². The van der Waals surface area contributed by atoms with E-state index >= 15 is 0 Å². The largest absolute Gasteiger partial charge is 0.480 e. The second kappa shape index (κ2) is 6.00. The van der Waals surface area contributed by atoms with Crippen molar-refractivity contribution in [1.29, 1.82) is 0 Å². The highest BCUT2D eigenvalue weighted by molar-refractivity contribution is 6.29. The summed E-state index contributed by atoms with van der Waals surface area (Å²) in [6, 6.07) is -0.532. The molecule has 0 bridgehead atoms. The monoisotopic (exact) mass is 205 g/mol. The van der Waals surface area contributed by atoms with E-state index in [0.717, 1.165) is 0 Å². The first-order valence-electron chi connectivity index (χ1n) is 4.23. The number of rotatable bonds is 6. The molecule has 0 radical (unpaired) electrons. The van der Waals surface area contributed by atoms with Gasteiger partial charge in [0.2, 0.25) is 0 Å². The lowest BCUT2D eigenvalue weighted by Gasteiger charge is -2.15. The van der Waals surface area contributed by atoms with Crippen molar-refractivity contribution in [3.8, 4) is 0 Å². The molecule has 0 saturated heterocycles. The third-order valence-electron chi connectivity index (χ3n) is 1.55. The summed E-state index contributed by atoms with van der Waals surface area (Å²) in [4.78, 5) is 10.7. The molecule has 0 amide bonds. The molecule has 2 N–H and O–H groups in total. The van der Waals surface area contributed by atoms with E-state index in [1.165, 1.54) is 0 Å². The molecule has 0 aromatic rings. The Balaban J connectivity index is 3.95. The number of halogens is 1. The summed E-state index contributed by atoms with van der Waals surface area (Å²) in [5.74, 6) is -0.496. The fraction of sp³-hybridized carbons (Fsp3) is 0.667. The van der Waals surface area contributed by atoms with Crippen LogP contribution < -0.4 is 5.32 Å². The molecular weight excluding hydrogens is 190 g/mol. The Bertz CT molecular complexity index is 192. The molecule has 0 spiro atoms. The van der Waals surface area contributed by atoms with E-state index in [2.05, 4.69) is 11.9 Å². The zero-order valence-electron chi connectivity index (χ0n) is 8.01. The van der Waals surface area contributed by atoms with Crippen LogP contribution in [-0.4, -0.2) is 23.7 Å². The zero-order valence-corrected chi connectivity index (χ0v) is 8.77. The lowest BCUT2D eigenvalue weighted by atomic mass is 10.0. The van der Waals surface area contributed by atoms with Crippen molar-refractivity contribution in [3.05, 3.63) is 11.6 Å². The van der Waals surface area contributed by atoms with Gasteiger partial charge in [-0.1, -0.05) is 32.0 Å². The first-order chi connectivity index (χ1) is 5.93. The van der Waals surface area contributed by atoms with E-state index in [-0.39, 0.29) is 0 Å². The van der Waals surface area contributed by atoms with Gasteiger partial charge in [0.1, 0.15) is 6.04 Å². The number of hydrogen-bond donors (Lipinski definition) is 2. The summed E-state index contributed by atoms with van der Waals surface area (Å²) in [6.45, 7) is 7.77. The molecule has 0 aromatic carbocycles. The van der Waals surface area contributed by atoms with Gasteiger partial charge < -0.3 is 5.11 Å². The molecule has 0 aliphatic heterocycles. The van der Waals surface area contributed by atoms with Crippen molar-refractivity contribution in [3.63, 3.8) is 0 Å². The quantitative estimate of drug-likeness (QED) is 0.696. The molecule has 0 aliphatic rings. The number of carbonyl (C=O) groups is 1. The third-order valence-corrected chi connectivity index (χ3v) is 1.68. The number of nitrogens with one attached hydrogen (secondary N) is 1. The van der Waals surface area contributed by atoms with Crippen molar-refractivity contribution in [2.45, 2.75) is 26.3 Å². The summed E-state index contributed by atoms with van der Waals surface area (Å²) in [5, 5.41) is 12.0. The van der Waals surface area contributed by atoms with Crippen LogP contribution in [0.4, 0.5) is 0 Å². The van der Waals surface area contributed by atoms with Crippen molar-refractivity contribution in [1.82, 2.24) is 5.32 Å². The first-order valence-corrected chi connectivity index (χ1v) is 4.60. The zero-order chi connectivity index (χ0) is 10.4. The van der Waals surface area contributed by atoms with Crippen molar-refractivity contribution < 1.29 is 9.90 Å². The average molecular weight is 206 g/mol. The maximum atomic E-state index is 10.7. The predicted octanol–water partition coefficient (Wildman–Crippen LogP) is 1.83. The molecule has 0 heterocycles. The van der Waals surface area contributed by atoms with Gasteiger partial charge in [-0.25, -0.2) is 0 Å². The number of carboxylic acid groups (broad SMARTS) is 1. The minimum atomic E-state index is -0.841. The van der Waals surface area contributed by atoms with Gasteiger partial charge >= 0.3 is 5.97 Å². The summed E-state index contributed by atoms with van der Waals surface area (Å²) in [6.07, 6.45) is 0.597. The van der Waals surface area contributed by atoms with Gasteiger partial charge in [0.15, 0.2) is 0 Å². The Morgan fingerprint density at radius 1 is 1.62 bits per heavy atom. The van der Waals surface area contributed by atoms with Gasteiger partial charge in [-0.2, -0.15) is 0 Å². The fourth-order valence-electron chi connectivity index (χ4n) is 0.977. The van der Waals surface area contributed by atoms with Crippen LogP contribution in [0, 0.1) is 5.92 Å². The maximum absolute atomic E-state index is 10.7. The highest BCUT2D eigenvalue weighted by Crippen LogP contribution is 2.05. The van der Waals surface area contributed by atoms with Crippen LogP contribution in [0.25, 0.3) is 0 Å². The van der Waals surface area contributed by atoms with Crippen molar-refractivity contribution in [2.75, 3.05) is 6.54 Å². The van der Waals surface area contributed by atoms with Crippen LogP contribution in [-0.2, 0) is 4.79 Å². The molecule has 0 fully saturated rings. The standard InChI is InChI=1S/C9H16ClNO2/c1-6(2)4-8(9(12)13)11-5-7(3)10/h6,8,11H,3-5H2,1-2H3,(H,12,13)/t8-/m0/s1. The molecule has 0 aliphatic carbocycles. The minimum absolute atomic E-state index is 0.339. The van der Waals surface area contributed by atoms with E-state index < -0.39 is 12.0 Å². The molecule has 0 unspecified atom stereocenters. The van der Waals surface area contributed by atoms with Crippen molar-refractivity contribution >= 4 is 17.6 Å². The maximum Gasteiger partial charge on any atom is 0.320 e. The Morgan fingerprint density at radius 2 is 2.15 bits per heavy atom. The van der Waals surface area contributed by atoms with E-state index in [4.69, 9.17) is 16.7 Å². The third kappa shape index (κ3) is 6.61. The summed E-state index contributed by atoms with van der Waals surface area (Å²) in [5.41, 5.74) is 0. The van der Waals surface area contributed by atoms with Crippen molar-refractivity contribution in [2.24, 2.45) is 5.92 Å². The van der Waals surface area contributed by atoms with Crippen LogP contribution in [0.15, 0.2) is 11.6 Å².